The van der Waals surface area contributed by atoms with Crippen molar-refractivity contribution < 1.29 is 9.90 Å². The molecule has 0 atom stereocenters. The number of likely N-dealkylation sites (N-methyl/N-ethyl adjacent to an activating group) is 1. The number of aromatic amines is 1. The highest BCUT2D eigenvalue weighted by molar-refractivity contribution is 6.18. The third-order valence-corrected chi connectivity index (χ3v) is 6.43. The average Bonchev–Trinajstić information content (AvgIpc) is 3.34. The van der Waals surface area contributed by atoms with Gasteiger partial charge in [-0.15, -0.1) is 0 Å². The van der Waals surface area contributed by atoms with Crippen LogP contribution in [0.5, 0.6) is 0 Å². The summed E-state index contributed by atoms with van der Waals surface area (Å²) >= 11 is 0. The number of nitrogens with zero attached hydrogens (tertiary/aromatic N) is 4. The first-order valence-electron chi connectivity index (χ1n) is 12.3. The number of aliphatic hydroxyl groups excluding tert-OH is 1. The third-order valence-electron chi connectivity index (χ3n) is 6.43. The molecule has 0 aliphatic carbocycles. The number of anilines is 4. The van der Waals surface area contributed by atoms with Crippen molar-refractivity contribution in [1.82, 2.24) is 19.9 Å². The van der Waals surface area contributed by atoms with Crippen LogP contribution in [-0.4, -0.2) is 77.1 Å². The summed E-state index contributed by atoms with van der Waals surface area (Å²) < 4.78 is 0. The van der Waals surface area contributed by atoms with Gasteiger partial charge < -0.3 is 30.5 Å². The van der Waals surface area contributed by atoms with Crippen LogP contribution < -0.4 is 15.5 Å². The molecule has 0 spiro atoms. The molecule has 0 saturated carbocycles. The Kier molecular flexibility index (Phi) is 7.11. The monoisotopic (exact) mass is 485 g/mol. The van der Waals surface area contributed by atoms with Gasteiger partial charge in [0.25, 0.3) is 0 Å². The molecule has 2 aromatic heterocycles. The van der Waals surface area contributed by atoms with Crippen LogP contribution in [0.25, 0.3) is 11.0 Å². The van der Waals surface area contributed by atoms with Gasteiger partial charge in [-0.1, -0.05) is 30.3 Å². The fourth-order valence-corrected chi connectivity index (χ4v) is 4.38. The normalized spacial score (nSPS) is 14.2. The summed E-state index contributed by atoms with van der Waals surface area (Å²) in [7, 11) is 2.15. The highest BCUT2D eigenvalue weighted by Crippen LogP contribution is 2.29. The second kappa shape index (κ2) is 10.8. The lowest BCUT2D eigenvalue weighted by Crippen LogP contribution is -2.44. The van der Waals surface area contributed by atoms with Crippen molar-refractivity contribution in [2.24, 2.45) is 0 Å². The van der Waals surface area contributed by atoms with E-state index in [4.69, 9.17) is 4.98 Å². The number of nitrogens with one attached hydrogen (secondary N) is 3. The molecule has 0 radical (unpaired) electrons. The average molecular weight is 486 g/mol. The number of piperazine rings is 1. The SMILES string of the molecule is CN1CCN(c2ccc(Nc3nc(NCCCO)c4c(C(=O)c5ccccc5)c[nH]c4n3)cc2)CC1. The van der Waals surface area contributed by atoms with Crippen LogP contribution in [0.1, 0.15) is 22.3 Å². The van der Waals surface area contributed by atoms with Gasteiger partial charge in [-0.2, -0.15) is 9.97 Å². The topological polar surface area (TPSA) is 109 Å². The molecule has 186 valence electrons. The predicted molar refractivity (Wildman–Crippen MR) is 143 cm³/mol. The number of rotatable bonds is 9. The minimum atomic E-state index is -0.101. The Hall–Kier alpha value is -3.95. The molecule has 1 aliphatic rings. The van der Waals surface area contributed by atoms with Gasteiger partial charge in [0, 0.05) is 62.5 Å². The zero-order chi connectivity index (χ0) is 24.9. The van der Waals surface area contributed by atoms with Gasteiger partial charge in [-0.05, 0) is 37.7 Å². The first kappa shape index (κ1) is 23.8. The van der Waals surface area contributed by atoms with Gasteiger partial charge in [0.1, 0.15) is 11.5 Å². The summed E-state index contributed by atoms with van der Waals surface area (Å²) in [6.07, 6.45) is 2.24. The maximum atomic E-state index is 13.2. The second-order valence-corrected chi connectivity index (χ2v) is 8.98. The molecule has 4 aromatic rings. The molecule has 1 saturated heterocycles. The van der Waals surface area contributed by atoms with E-state index in [1.54, 1.807) is 18.3 Å². The fraction of sp³-hybridized carbons (Fsp3) is 0.296. The molecule has 9 nitrogen and oxygen atoms in total. The number of fused-ring (bicyclic) bond motifs is 1. The molecule has 1 aliphatic heterocycles. The summed E-state index contributed by atoms with van der Waals surface area (Å²) in [4.78, 5) is 30.4. The first-order chi connectivity index (χ1) is 17.6. The zero-order valence-corrected chi connectivity index (χ0v) is 20.4. The van der Waals surface area contributed by atoms with Crippen molar-refractivity contribution in [3.63, 3.8) is 0 Å². The Labute approximate surface area is 210 Å². The minimum Gasteiger partial charge on any atom is -0.396 e. The Morgan fingerprint density at radius 3 is 2.50 bits per heavy atom. The van der Waals surface area contributed by atoms with Gasteiger partial charge in [0.2, 0.25) is 5.95 Å². The highest BCUT2D eigenvalue weighted by atomic mass is 16.3. The van der Waals surface area contributed by atoms with Crippen molar-refractivity contribution in [2.75, 3.05) is 61.9 Å². The summed E-state index contributed by atoms with van der Waals surface area (Å²) in [6.45, 7) is 4.74. The molecule has 0 unspecified atom stereocenters. The van der Waals surface area contributed by atoms with Crippen LogP contribution in [0.3, 0.4) is 0 Å². The molecular weight excluding hydrogens is 454 g/mol. The van der Waals surface area contributed by atoms with Gasteiger partial charge in [0.15, 0.2) is 5.78 Å². The van der Waals surface area contributed by atoms with Crippen molar-refractivity contribution in [3.05, 3.63) is 71.9 Å². The zero-order valence-electron chi connectivity index (χ0n) is 20.4. The number of benzene rings is 2. The molecule has 4 N–H and O–H groups in total. The van der Waals surface area contributed by atoms with Crippen molar-refractivity contribution in [2.45, 2.75) is 6.42 Å². The van der Waals surface area contributed by atoms with Gasteiger partial charge in [0.05, 0.1) is 10.9 Å². The fourth-order valence-electron chi connectivity index (χ4n) is 4.38. The Morgan fingerprint density at radius 2 is 1.78 bits per heavy atom. The van der Waals surface area contributed by atoms with Crippen molar-refractivity contribution >= 4 is 40.0 Å². The second-order valence-electron chi connectivity index (χ2n) is 8.98. The van der Waals surface area contributed by atoms with Crippen molar-refractivity contribution in [3.8, 4) is 0 Å². The number of hydrogen-bond acceptors (Lipinski definition) is 8. The molecule has 36 heavy (non-hydrogen) atoms. The van der Waals surface area contributed by atoms with Crippen LogP contribution in [-0.2, 0) is 0 Å². The number of H-pyrrole nitrogens is 1. The molecule has 0 amide bonds. The predicted octanol–water partition coefficient (Wildman–Crippen LogP) is 3.48. The van der Waals surface area contributed by atoms with Crippen LogP contribution in [0.15, 0.2) is 60.8 Å². The smallest absolute Gasteiger partial charge is 0.231 e. The third kappa shape index (κ3) is 5.17. The molecule has 3 heterocycles. The van der Waals surface area contributed by atoms with E-state index in [9.17, 15) is 9.90 Å². The molecule has 1 fully saturated rings. The van der Waals surface area contributed by atoms with Gasteiger partial charge in [-0.25, -0.2) is 0 Å². The summed E-state index contributed by atoms with van der Waals surface area (Å²) in [5.41, 5.74) is 3.74. The number of aliphatic hydroxyl groups is 1. The van der Waals surface area contributed by atoms with Gasteiger partial charge in [-0.3, -0.25) is 4.79 Å². The van der Waals surface area contributed by atoms with Crippen LogP contribution in [0.4, 0.5) is 23.1 Å². The summed E-state index contributed by atoms with van der Waals surface area (Å²) in [6, 6.07) is 17.4. The van der Waals surface area contributed by atoms with Crippen LogP contribution in [0.2, 0.25) is 0 Å². The number of hydrogen-bond donors (Lipinski definition) is 4. The van der Waals surface area contributed by atoms with E-state index in [1.807, 2.05) is 30.3 Å². The van der Waals surface area contributed by atoms with E-state index < -0.39 is 0 Å². The molecular formula is C27H31N7O2. The number of aromatic nitrogens is 3. The maximum Gasteiger partial charge on any atom is 0.231 e. The first-order valence-corrected chi connectivity index (χ1v) is 12.3. The van der Waals surface area contributed by atoms with E-state index in [0.717, 1.165) is 31.9 Å². The highest BCUT2D eigenvalue weighted by Gasteiger charge is 2.20. The Morgan fingerprint density at radius 1 is 1.03 bits per heavy atom. The van der Waals surface area contributed by atoms with Crippen LogP contribution in [0, 0.1) is 0 Å². The Balaban J connectivity index is 1.41. The van der Waals surface area contributed by atoms with Gasteiger partial charge >= 0.3 is 0 Å². The van der Waals surface area contributed by atoms with E-state index in [0.29, 0.717) is 46.9 Å². The minimum absolute atomic E-state index is 0.0644. The van der Waals surface area contributed by atoms with E-state index in [1.165, 1.54) is 5.69 Å². The quantitative estimate of drug-likeness (QED) is 0.211. The molecule has 9 heteroatoms. The van der Waals surface area contributed by atoms with Crippen molar-refractivity contribution in [1.29, 1.82) is 0 Å². The maximum absolute atomic E-state index is 13.2. The Bertz CT molecular complexity index is 1310. The van der Waals surface area contributed by atoms with E-state index >= 15 is 0 Å². The number of carbonyl (C=O) groups excluding carboxylic acids is 1. The lowest BCUT2D eigenvalue weighted by atomic mass is 10.0. The lowest BCUT2D eigenvalue weighted by molar-refractivity contribution is 0.104. The molecule has 5 rings (SSSR count). The summed E-state index contributed by atoms with van der Waals surface area (Å²) in [5.74, 6) is 0.864. The number of carbonyl (C=O) groups is 1. The lowest BCUT2D eigenvalue weighted by Gasteiger charge is -2.34. The van der Waals surface area contributed by atoms with Crippen LogP contribution >= 0.6 is 0 Å². The van der Waals surface area contributed by atoms with E-state index in [2.05, 4.69) is 49.6 Å². The summed E-state index contributed by atoms with van der Waals surface area (Å²) in [5, 5.41) is 16.4. The molecule has 2 aromatic carbocycles. The standard InChI is InChI=1S/C27H31N7O2/c1-33-13-15-34(16-14-33)21-10-8-20(9-11-21)30-27-31-25(28-12-5-17-35)23-22(18-29-26(23)32-27)24(36)19-6-3-2-4-7-19/h2-4,6-11,18,35H,5,12-17H2,1H3,(H3,28,29,30,31,32). The number of ketones is 1. The van der Waals surface area contributed by atoms with E-state index in [-0.39, 0.29) is 12.4 Å². The largest absolute Gasteiger partial charge is 0.396 e. The molecule has 0 bridgehead atoms.